The van der Waals surface area contributed by atoms with Crippen molar-refractivity contribution in [3.63, 3.8) is 0 Å². The molecular formula is C20H24FN3O. The summed E-state index contributed by atoms with van der Waals surface area (Å²) in [6.07, 6.45) is 6.38. The Kier molecular flexibility index (Phi) is 3.99. The summed E-state index contributed by atoms with van der Waals surface area (Å²) >= 11 is 0. The molecular weight excluding hydrogens is 317 g/mol. The molecule has 1 amide bonds. The van der Waals surface area contributed by atoms with Crippen LogP contribution >= 0.6 is 0 Å². The average Bonchev–Trinajstić information content (AvgIpc) is 3.17. The zero-order chi connectivity index (χ0) is 17.6. The topological polar surface area (TPSA) is 45.2 Å². The van der Waals surface area contributed by atoms with Crippen LogP contribution in [0.1, 0.15) is 51.3 Å². The number of para-hydroxylation sites is 1. The molecule has 2 fully saturated rings. The number of pyridine rings is 1. The largest absolute Gasteiger partial charge is 0.321 e. The lowest BCUT2D eigenvalue weighted by Crippen LogP contribution is -2.40. The van der Waals surface area contributed by atoms with Gasteiger partial charge in [-0.25, -0.2) is 4.39 Å². The lowest BCUT2D eigenvalue weighted by atomic mass is 10.0. The highest BCUT2D eigenvalue weighted by Gasteiger charge is 2.46. The maximum absolute atomic E-state index is 13.9. The van der Waals surface area contributed by atoms with E-state index >= 15 is 0 Å². The second-order valence-electron chi connectivity index (χ2n) is 7.86. The fraction of sp³-hybridized carbons (Fsp3) is 0.500. The number of nitrogens with one attached hydrogen (secondary N) is 1. The van der Waals surface area contributed by atoms with Gasteiger partial charge in [0.15, 0.2) is 0 Å². The van der Waals surface area contributed by atoms with Crippen LogP contribution in [0, 0.1) is 11.7 Å². The van der Waals surface area contributed by atoms with E-state index in [0.29, 0.717) is 11.4 Å². The molecule has 0 bridgehead atoms. The molecule has 1 unspecified atom stereocenters. The Balaban J connectivity index is 1.69. The Bertz CT molecular complexity index is 814. The Morgan fingerprint density at radius 3 is 2.84 bits per heavy atom. The van der Waals surface area contributed by atoms with Gasteiger partial charge in [-0.05, 0) is 44.7 Å². The molecule has 1 aliphatic heterocycles. The number of carbonyl (C=O) groups is 1. The van der Waals surface area contributed by atoms with Crippen molar-refractivity contribution >= 4 is 16.8 Å². The molecule has 4 rings (SSSR count). The number of hydrogen-bond donors (Lipinski definition) is 1. The molecule has 1 aromatic heterocycles. The zero-order valence-corrected chi connectivity index (χ0v) is 14.8. The Labute approximate surface area is 147 Å². The molecule has 0 spiro atoms. The summed E-state index contributed by atoms with van der Waals surface area (Å²) in [7, 11) is 0. The summed E-state index contributed by atoms with van der Waals surface area (Å²) in [5.41, 5.74) is 0.687. The van der Waals surface area contributed by atoms with Crippen molar-refractivity contribution in [2.24, 2.45) is 5.92 Å². The van der Waals surface area contributed by atoms with E-state index in [1.54, 1.807) is 12.3 Å². The van der Waals surface area contributed by atoms with Crippen molar-refractivity contribution in [2.45, 2.75) is 51.2 Å². The van der Waals surface area contributed by atoms with E-state index < -0.39 is 5.54 Å². The van der Waals surface area contributed by atoms with Crippen LogP contribution in [-0.2, 0) is 4.79 Å². The summed E-state index contributed by atoms with van der Waals surface area (Å²) in [5.74, 6) is 0.388. The van der Waals surface area contributed by atoms with Crippen molar-refractivity contribution in [3.8, 4) is 0 Å². The van der Waals surface area contributed by atoms with Crippen LogP contribution < -0.4 is 5.32 Å². The van der Waals surface area contributed by atoms with Gasteiger partial charge in [0, 0.05) is 23.7 Å². The third-order valence-electron chi connectivity index (χ3n) is 5.53. The third kappa shape index (κ3) is 2.91. The first-order valence-corrected chi connectivity index (χ1v) is 9.09. The predicted molar refractivity (Wildman–Crippen MR) is 95.3 cm³/mol. The predicted octanol–water partition coefficient (Wildman–Crippen LogP) is 3.77. The first-order valence-electron chi connectivity index (χ1n) is 9.09. The number of carbonyl (C=O) groups excluding carboxylic acids is 1. The van der Waals surface area contributed by atoms with Gasteiger partial charge in [-0.3, -0.25) is 15.1 Å². The van der Waals surface area contributed by atoms with Crippen LogP contribution in [0.25, 0.3) is 10.9 Å². The van der Waals surface area contributed by atoms with Gasteiger partial charge in [-0.1, -0.05) is 25.0 Å². The molecule has 1 atom stereocenters. The van der Waals surface area contributed by atoms with Crippen molar-refractivity contribution in [1.29, 1.82) is 0 Å². The maximum atomic E-state index is 13.9. The number of amides is 1. The summed E-state index contributed by atoms with van der Waals surface area (Å²) in [6.45, 7) is 4.62. The molecule has 4 nitrogen and oxygen atoms in total. The molecule has 132 valence electrons. The second-order valence-corrected chi connectivity index (χ2v) is 7.86. The van der Waals surface area contributed by atoms with Gasteiger partial charge in [-0.15, -0.1) is 0 Å². The monoisotopic (exact) mass is 341 g/mol. The van der Waals surface area contributed by atoms with E-state index in [-0.39, 0.29) is 17.9 Å². The van der Waals surface area contributed by atoms with Crippen molar-refractivity contribution in [2.75, 3.05) is 6.54 Å². The van der Waals surface area contributed by atoms with Gasteiger partial charge in [0.2, 0.25) is 5.91 Å². The van der Waals surface area contributed by atoms with Gasteiger partial charge < -0.3 is 4.90 Å². The summed E-state index contributed by atoms with van der Waals surface area (Å²) in [5, 5.41) is 4.20. The summed E-state index contributed by atoms with van der Waals surface area (Å²) < 4.78 is 13.9. The lowest BCUT2D eigenvalue weighted by Gasteiger charge is -2.27. The van der Waals surface area contributed by atoms with Crippen molar-refractivity contribution < 1.29 is 9.18 Å². The number of aromatic nitrogens is 1. The number of rotatable bonds is 3. The molecule has 1 saturated carbocycles. The Morgan fingerprint density at radius 2 is 2.08 bits per heavy atom. The van der Waals surface area contributed by atoms with Crippen LogP contribution in [0.2, 0.25) is 0 Å². The lowest BCUT2D eigenvalue weighted by molar-refractivity contribution is -0.133. The van der Waals surface area contributed by atoms with Crippen LogP contribution in [0.3, 0.4) is 0 Å². The van der Waals surface area contributed by atoms with Crippen LogP contribution in [0.5, 0.6) is 0 Å². The normalized spacial score (nSPS) is 23.7. The second kappa shape index (κ2) is 6.06. The minimum absolute atomic E-state index is 0.128. The average molecular weight is 341 g/mol. The number of hydrogen-bond acceptors (Lipinski definition) is 3. The Hall–Kier alpha value is -2.01. The highest BCUT2D eigenvalue weighted by atomic mass is 19.1. The molecule has 1 saturated heterocycles. The smallest absolute Gasteiger partial charge is 0.243 e. The molecule has 2 aliphatic rings. The van der Waals surface area contributed by atoms with Crippen LogP contribution in [0.4, 0.5) is 4.39 Å². The van der Waals surface area contributed by atoms with E-state index in [1.807, 2.05) is 30.9 Å². The number of nitrogens with zero attached hydrogens (tertiary/aromatic N) is 2. The molecule has 1 N–H and O–H groups in total. The van der Waals surface area contributed by atoms with Crippen molar-refractivity contribution in [1.82, 2.24) is 15.2 Å². The highest BCUT2D eigenvalue weighted by Crippen LogP contribution is 2.35. The molecule has 2 aromatic rings. The van der Waals surface area contributed by atoms with E-state index in [2.05, 4.69) is 10.3 Å². The molecule has 1 aromatic carbocycles. The highest BCUT2D eigenvalue weighted by molar-refractivity contribution is 5.88. The first kappa shape index (κ1) is 16.5. The van der Waals surface area contributed by atoms with Gasteiger partial charge in [0.25, 0.3) is 0 Å². The van der Waals surface area contributed by atoms with E-state index in [9.17, 15) is 9.18 Å². The Morgan fingerprint density at radius 1 is 1.32 bits per heavy atom. The molecule has 2 heterocycles. The molecule has 25 heavy (non-hydrogen) atoms. The number of benzene rings is 1. The summed E-state index contributed by atoms with van der Waals surface area (Å²) in [4.78, 5) is 19.2. The molecule has 0 radical (unpaired) electrons. The SMILES string of the molecule is CC1(C)NC(c2cnc3c(F)cccc3c2)N(CC2CCCC2)C1=O. The van der Waals surface area contributed by atoms with Gasteiger partial charge in [-0.2, -0.15) is 0 Å². The van der Waals surface area contributed by atoms with Gasteiger partial charge >= 0.3 is 0 Å². The number of halogens is 1. The minimum atomic E-state index is -0.597. The quantitative estimate of drug-likeness (QED) is 0.924. The zero-order valence-electron chi connectivity index (χ0n) is 14.8. The third-order valence-corrected chi connectivity index (χ3v) is 5.53. The standard InChI is InChI=1S/C20H24FN3O/c1-20(2)19(25)24(12-13-6-3-4-7-13)18(23-20)15-10-14-8-5-9-16(21)17(14)22-11-15/h5,8-11,13,18,23H,3-4,6-7,12H2,1-2H3. The number of fused-ring (bicyclic) bond motifs is 1. The fourth-order valence-corrected chi connectivity index (χ4v) is 4.17. The molecule has 5 heteroatoms. The van der Waals surface area contributed by atoms with E-state index in [4.69, 9.17) is 0 Å². The first-order chi connectivity index (χ1) is 12.0. The van der Waals surface area contributed by atoms with E-state index in [1.165, 1.54) is 31.7 Å². The molecule has 1 aliphatic carbocycles. The van der Waals surface area contributed by atoms with Crippen LogP contribution in [0.15, 0.2) is 30.5 Å². The summed E-state index contributed by atoms with van der Waals surface area (Å²) in [6, 6.07) is 6.91. The van der Waals surface area contributed by atoms with Gasteiger partial charge in [0.05, 0.1) is 5.54 Å². The fourth-order valence-electron chi connectivity index (χ4n) is 4.17. The van der Waals surface area contributed by atoms with Crippen LogP contribution in [-0.4, -0.2) is 27.9 Å². The van der Waals surface area contributed by atoms with Crippen molar-refractivity contribution in [3.05, 3.63) is 41.8 Å². The van der Waals surface area contributed by atoms with Gasteiger partial charge in [0.1, 0.15) is 17.5 Å². The minimum Gasteiger partial charge on any atom is -0.321 e. The van der Waals surface area contributed by atoms with E-state index in [0.717, 1.165) is 17.5 Å². The maximum Gasteiger partial charge on any atom is 0.243 e.